The van der Waals surface area contributed by atoms with E-state index in [9.17, 15) is 13.2 Å². The summed E-state index contributed by atoms with van der Waals surface area (Å²) in [4.78, 5) is 11.7. The molecule has 0 bridgehead atoms. The van der Waals surface area contributed by atoms with Crippen molar-refractivity contribution in [2.24, 2.45) is 11.5 Å². The van der Waals surface area contributed by atoms with Gasteiger partial charge in [0.25, 0.3) is 10.1 Å². The van der Waals surface area contributed by atoms with Crippen LogP contribution in [0.25, 0.3) is 0 Å². The molecule has 0 radical (unpaired) electrons. The minimum atomic E-state index is -4.02. The summed E-state index contributed by atoms with van der Waals surface area (Å²) in [5.74, 6) is -0.383. The average Bonchev–Trinajstić information content (AvgIpc) is 2.88. The van der Waals surface area contributed by atoms with E-state index in [1.807, 2.05) is 6.92 Å². The molecule has 0 aliphatic heterocycles. The maximum atomic E-state index is 11.8. The van der Waals surface area contributed by atoms with Crippen molar-refractivity contribution in [3.05, 3.63) is 29.8 Å². The zero-order valence-corrected chi connectivity index (χ0v) is 25.1. The number of esters is 1. The highest BCUT2D eigenvalue weighted by molar-refractivity contribution is 7.85. The monoisotopic (exact) mass is 570 g/mol. The highest BCUT2D eigenvalue weighted by atomic mass is 32.2. The molecule has 226 valence electrons. The predicted octanol–water partition coefficient (Wildman–Crippen LogP) is 5.84. The van der Waals surface area contributed by atoms with E-state index in [2.05, 4.69) is 12.2 Å². The van der Waals surface area contributed by atoms with Gasteiger partial charge in [-0.25, -0.2) is 0 Å². The molecule has 10 heteroatoms. The molecule has 0 aliphatic rings. The molecule has 0 aliphatic carbocycles. The Morgan fingerprint density at radius 3 is 1.79 bits per heavy atom. The van der Waals surface area contributed by atoms with Crippen LogP contribution < -0.4 is 16.8 Å². The number of guanidine groups is 1. The summed E-state index contributed by atoms with van der Waals surface area (Å²) in [6.45, 7) is 5.13. The first kappa shape index (κ1) is 36.8. The van der Waals surface area contributed by atoms with Crippen LogP contribution >= 0.6 is 0 Å². The van der Waals surface area contributed by atoms with Crippen LogP contribution in [0.4, 0.5) is 0 Å². The molecule has 1 rings (SSSR count). The summed E-state index contributed by atoms with van der Waals surface area (Å²) in [5.41, 5.74) is 12.0. The van der Waals surface area contributed by atoms with Crippen LogP contribution in [-0.2, 0) is 19.6 Å². The van der Waals surface area contributed by atoms with Crippen LogP contribution in [0.2, 0.25) is 0 Å². The molecule has 1 aromatic carbocycles. The van der Waals surface area contributed by atoms with Gasteiger partial charge in [-0.05, 0) is 38.3 Å². The fourth-order valence-corrected chi connectivity index (χ4v) is 4.43. The van der Waals surface area contributed by atoms with Gasteiger partial charge in [-0.3, -0.25) is 14.8 Å². The molecule has 1 atom stereocenters. The van der Waals surface area contributed by atoms with Gasteiger partial charge in [-0.2, -0.15) is 8.42 Å². The zero-order valence-electron chi connectivity index (χ0n) is 24.3. The van der Waals surface area contributed by atoms with Gasteiger partial charge in [0.1, 0.15) is 6.04 Å². The van der Waals surface area contributed by atoms with E-state index < -0.39 is 16.2 Å². The SMILES string of the molecule is CCCCCCCCCCCCCCCCOC(=O)C(N)CCCNC(=N)N.Cc1ccc(S(=O)(=O)O)cc1. The average molecular weight is 571 g/mol. The van der Waals surface area contributed by atoms with Gasteiger partial charge in [-0.15, -0.1) is 0 Å². The van der Waals surface area contributed by atoms with Crippen LogP contribution in [0.15, 0.2) is 29.2 Å². The molecule has 1 unspecified atom stereocenters. The van der Waals surface area contributed by atoms with Crippen molar-refractivity contribution in [3.63, 3.8) is 0 Å². The molecule has 0 saturated carbocycles. The van der Waals surface area contributed by atoms with Crippen LogP contribution in [0, 0.1) is 12.3 Å². The maximum Gasteiger partial charge on any atom is 0.322 e. The molecule has 0 fully saturated rings. The summed E-state index contributed by atoms with van der Waals surface area (Å²) in [7, 11) is -4.02. The molecular formula is C29H54N4O5S. The largest absolute Gasteiger partial charge is 0.465 e. The molecule has 0 heterocycles. The Bertz CT molecular complexity index is 863. The third-order valence-corrected chi connectivity index (χ3v) is 7.24. The predicted molar refractivity (Wildman–Crippen MR) is 159 cm³/mol. The normalized spacial score (nSPS) is 11.8. The second-order valence-electron chi connectivity index (χ2n) is 10.1. The molecule has 0 spiro atoms. The number of ether oxygens (including phenoxy) is 1. The lowest BCUT2D eigenvalue weighted by atomic mass is 10.0. The van der Waals surface area contributed by atoms with E-state index in [0.29, 0.717) is 26.0 Å². The van der Waals surface area contributed by atoms with Crippen molar-refractivity contribution in [2.75, 3.05) is 13.2 Å². The van der Waals surface area contributed by atoms with Crippen LogP contribution in [0.3, 0.4) is 0 Å². The highest BCUT2D eigenvalue weighted by Crippen LogP contribution is 2.13. The molecule has 0 saturated heterocycles. The first-order valence-electron chi connectivity index (χ1n) is 14.6. The number of aryl methyl sites for hydroxylation is 1. The molecule has 0 aromatic heterocycles. The molecule has 1 aromatic rings. The van der Waals surface area contributed by atoms with E-state index in [1.54, 1.807) is 12.1 Å². The van der Waals surface area contributed by atoms with Gasteiger partial charge in [0.15, 0.2) is 5.96 Å². The lowest BCUT2D eigenvalue weighted by Gasteiger charge is -2.11. The maximum absolute atomic E-state index is 11.8. The number of hydrogen-bond donors (Lipinski definition) is 5. The van der Waals surface area contributed by atoms with E-state index >= 15 is 0 Å². The third-order valence-electron chi connectivity index (χ3n) is 6.37. The van der Waals surface area contributed by atoms with Gasteiger partial charge in [0, 0.05) is 6.54 Å². The summed E-state index contributed by atoms with van der Waals surface area (Å²) in [5, 5.41) is 9.74. The number of carbonyl (C=O) groups is 1. The fraction of sp³-hybridized carbons (Fsp3) is 0.724. The van der Waals surface area contributed by atoms with Crippen molar-refractivity contribution in [1.82, 2.24) is 5.32 Å². The first-order chi connectivity index (χ1) is 18.6. The molecule has 7 N–H and O–H groups in total. The lowest BCUT2D eigenvalue weighted by molar-refractivity contribution is -0.145. The van der Waals surface area contributed by atoms with Gasteiger partial charge >= 0.3 is 5.97 Å². The van der Waals surface area contributed by atoms with Gasteiger partial charge < -0.3 is 21.5 Å². The Morgan fingerprint density at radius 2 is 1.36 bits per heavy atom. The summed E-state index contributed by atoms with van der Waals surface area (Å²) >= 11 is 0. The van der Waals surface area contributed by atoms with E-state index in [-0.39, 0.29) is 16.8 Å². The topological polar surface area (TPSA) is 169 Å². The van der Waals surface area contributed by atoms with Crippen molar-refractivity contribution in [2.45, 2.75) is 128 Å². The first-order valence-corrected chi connectivity index (χ1v) is 16.1. The van der Waals surface area contributed by atoms with Crippen LogP contribution in [-0.4, -0.2) is 44.1 Å². The Labute approximate surface area is 237 Å². The van der Waals surface area contributed by atoms with Crippen molar-refractivity contribution >= 4 is 22.0 Å². The number of nitrogens with two attached hydrogens (primary N) is 2. The molecule has 39 heavy (non-hydrogen) atoms. The second-order valence-corrected chi connectivity index (χ2v) is 11.6. The Kier molecular flexibility index (Phi) is 22.4. The number of hydrogen-bond acceptors (Lipinski definition) is 6. The summed E-state index contributed by atoms with van der Waals surface area (Å²) in [6.07, 6.45) is 19.6. The van der Waals surface area contributed by atoms with Crippen LogP contribution in [0.1, 0.15) is 115 Å². The Hall–Kier alpha value is -2.17. The summed E-state index contributed by atoms with van der Waals surface area (Å²) < 4.78 is 34.8. The lowest BCUT2D eigenvalue weighted by Crippen LogP contribution is -2.35. The minimum Gasteiger partial charge on any atom is -0.465 e. The highest BCUT2D eigenvalue weighted by Gasteiger charge is 2.14. The molecule has 9 nitrogen and oxygen atoms in total. The number of nitrogens with one attached hydrogen (secondary N) is 2. The van der Waals surface area contributed by atoms with Gasteiger partial charge in [-0.1, -0.05) is 108 Å². The van der Waals surface area contributed by atoms with E-state index in [0.717, 1.165) is 18.4 Å². The van der Waals surface area contributed by atoms with Crippen molar-refractivity contribution in [3.8, 4) is 0 Å². The van der Waals surface area contributed by atoms with Gasteiger partial charge in [0.05, 0.1) is 11.5 Å². The standard InChI is InChI=1S/C22H46N4O2.C7H8O3S/c1-2-3-4-5-6-7-8-9-10-11-12-13-14-15-19-28-21(27)20(23)17-16-18-26-22(24)25;1-6-2-4-7(5-3-6)11(8,9)10/h20H,2-19,23H2,1H3,(H4,24,25,26);2-5H,1H3,(H,8,9,10). The number of carbonyl (C=O) groups excluding carboxylic acids is 1. The second kappa shape index (κ2) is 23.7. The minimum absolute atomic E-state index is 0.0612. The molecular weight excluding hydrogens is 516 g/mol. The number of unbranched alkanes of at least 4 members (excludes halogenated alkanes) is 13. The number of benzene rings is 1. The van der Waals surface area contributed by atoms with E-state index in [1.165, 1.54) is 89.2 Å². The molecule has 0 amide bonds. The Morgan fingerprint density at radius 1 is 0.897 bits per heavy atom. The fourth-order valence-electron chi connectivity index (χ4n) is 3.95. The van der Waals surface area contributed by atoms with Crippen LogP contribution in [0.5, 0.6) is 0 Å². The summed E-state index contributed by atoms with van der Waals surface area (Å²) in [6, 6.07) is 5.40. The number of rotatable bonds is 21. The third kappa shape index (κ3) is 23.4. The smallest absolute Gasteiger partial charge is 0.322 e. The van der Waals surface area contributed by atoms with E-state index in [4.69, 9.17) is 26.2 Å². The zero-order chi connectivity index (χ0) is 29.4. The van der Waals surface area contributed by atoms with Crippen molar-refractivity contribution < 1.29 is 22.5 Å². The van der Waals surface area contributed by atoms with Gasteiger partial charge in [0.2, 0.25) is 0 Å². The quantitative estimate of drug-likeness (QED) is 0.0403. The Balaban J connectivity index is 0.00000108. The van der Waals surface area contributed by atoms with Crippen molar-refractivity contribution in [1.29, 1.82) is 5.41 Å².